The second-order valence-electron chi connectivity index (χ2n) is 5.50. The van der Waals surface area contributed by atoms with Crippen LogP contribution >= 0.6 is 35.6 Å². The summed E-state index contributed by atoms with van der Waals surface area (Å²) in [5, 5.41) is 4.05. The van der Waals surface area contributed by atoms with Crippen molar-refractivity contribution < 1.29 is 9.53 Å². The van der Waals surface area contributed by atoms with E-state index in [1.165, 1.54) is 0 Å². The van der Waals surface area contributed by atoms with Gasteiger partial charge < -0.3 is 15.0 Å². The van der Waals surface area contributed by atoms with Gasteiger partial charge in [0.1, 0.15) is 11.9 Å². The lowest BCUT2D eigenvalue weighted by Gasteiger charge is -2.33. The molecule has 1 heterocycles. The van der Waals surface area contributed by atoms with Gasteiger partial charge in [-0.05, 0) is 45.0 Å². The Hall–Kier alpha value is -0.680. The van der Waals surface area contributed by atoms with E-state index in [9.17, 15) is 4.79 Å². The summed E-state index contributed by atoms with van der Waals surface area (Å²) in [6, 6.07) is 5.25. The highest BCUT2D eigenvalue weighted by Gasteiger charge is 2.24. The number of carbonyl (C=O) groups is 1. The van der Waals surface area contributed by atoms with E-state index < -0.39 is 0 Å². The van der Waals surface area contributed by atoms with Gasteiger partial charge in [-0.1, -0.05) is 23.2 Å². The van der Waals surface area contributed by atoms with Crippen LogP contribution < -0.4 is 10.1 Å². The summed E-state index contributed by atoms with van der Waals surface area (Å²) in [7, 11) is 1.90. The number of carbonyl (C=O) groups excluding carboxylic acids is 1. The summed E-state index contributed by atoms with van der Waals surface area (Å²) in [4.78, 5) is 14.1. The van der Waals surface area contributed by atoms with Crippen LogP contribution in [0.5, 0.6) is 5.75 Å². The molecule has 1 unspecified atom stereocenters. The third-order valence-electron chi connectivity index (χ3n) is 3.74. The molecule has 4 nitrogen and oxygen atoms in total. The fourth-order valence-corrected chi connectivity index (χ4v) is 2.87. The van der Waals surface area contributed by atoms with E-state index in [2.05, 4.69) is 5.32 Å². The number of nitrogens with zero attached hydrogens (tertiary/aromatic N) is 1. The Morgan fingerprint density at radius 2 is 2.17 bits per heavy atom. The molecule has 0 saturated carbocycles. The first kappa shape index (κ1) is 20.4. The summed E-state index contributed by atoms with van der Waals surface area (Å²) in [5.41, 5.74) is 0. The first-order valence-electron chi connectivity index (χ1n) is 7.64. The topological polar surface area (TPSA) is 41.6 Å². The maximum atomic E-state index is 12.2. The molecule has 1 aromatic carbocycles. The first-order valence-corrected chi connectivity index (χ1v) is 8.40. The van der Waals surface area contributed by atoms with Gasteiger partial charge in [0, 0.05) is 19.0 Å². The Kier molecular flexibility index (Phi) is 9.07. The molecule has 1 atom stereocenters. The number of benzene rings is 1. The minimum absolute atomic E-state index is 0. The van der Waals surface area contributed by atoms with Crippen LogP contribution in [0, 0.1) is 0 Å². The van der Waals surface area contributed by atoms with E-state index in [1.54, 1.807) is 12.1 Å². The number of likely N-dealkylation sites (tertiary alicyclic amines) is 1. The molecule has 1 N–H and O–H groups in total. The minimum Gasteiger partial charge on any atom is -0.489 e. The number of halogens is 3. The van der Waals surface area contributed by atoms with Crippen molar-refractivity contribution in [1.82, 2.24) is 10.2 Å². The number of ether oxygens (including phenoxy) is 1. The van der Waals surface area contributed by atoms with Crippen LogP contribution in [0.2, 0.25) is 10.0 Å². The zero-order chi connectivity index (χ0) is 15.9. The molecule has 0 bridgehead atoms. The quantitative estimate of drug-likeness (QED) is 0.762. The van der Waals surface area contributed by atoms with Gasteiger partial charge in [0.15, 0.2) is 0 Å². The van der Waals surface area contributed by atoms with E-state index >= 15 is 0 Å². The number of hydrogen-bond acceptors (Lipinski definition) is 3. The molecule has 1 fully saturated rings. The Balaban J connectivity index is 0.00000264. The van der Waals surface area contributed by atoms with E-state index in [-0.39, 0.29) is 24.4 Å². The van der Waals surface area contributed by atoms with Crippen molar-refractivity contribution in [2.75, 3.05) is 26.7 Å². The van der Waals surface area contributed by atoms with Gasteiger partial charge in [0.25, 0.3) is 0 Å². The molecule has 1 amide bonds. The number of piperidine rings is 1. The lowest BCUT2D eigenvalue weighted by Crippen LogP contribution is -2.44. The maximum Gasteiger partial charge on any atom is 0.222 e. The molecular formula is C16H23Cl3N2O2. The minimum atomic E-state index is 0. The van der Waals surface area contributed by atoms with E-state index in [4.69, 9.17) is 27.9 Å². The Bertz CT molecular complexity index is 514. The van der Waals surface area contributed by atoms with Gasteiger partial charge in [0.2, 0.25) is 5.91 Å². The smallest absolute Gasteiger partial charge is 0.222 e. The monoisotopic (exact) mass is 380 g/mol. The van der Waals surface area contributed by atoms with Crippen LogP contribution in [-0.4, -0.2) is 43.6 Å². The zero-order valence-electron chi connectivity index (χ0n) is 13.2. The van der Waals surface area contributed by atoms with Crippen LogP contribution in [0.25, 0.3) is 0 Å². The average molecular weight is 382 g/mol. The van der Waals surface area contributed by atoms with Gasteiger partial charge in [-0.15, -0.1) is 12.4 Å². The van der Waals surface area contributed by atoms with Gasteiger partial charge in [-0.25, -0.2) is 0 Å². The highest BCUT2D eigenvalue weighted by molar-refractivity contribution is 6.42. The lowest BCUT2D eigenvalue weighted by molar-refractivity contribution is -0.133. The highest BCUT2D eigenvalue weighted by atomic mass is 35.5. The van der Waals surface area contributed by atoms with Crippen molar-refractivity contribution in [3.63, 3.8) is 0 Å². The molecule has 1 aliphatic heterocycles. The Morgan fingerprint density at radius 3 is 2.87 bits per heavy atom. The van der Waals surface area contributed by atoms with E-state index in [1.807, 2.05) is 18.0 Å². The third kappa shape index (κ3) is 6.38. The van der Waals surface area contributed by atoms with E-state index in [0.717, 1.165) is 32.4 Å². The molecule has 0 aromatic heterocycles. The molecule has 1 aromatic rings. The number of hydrogen-bond donors (Lipinski definition) is 1. The molecule has 0 radical (unpaired) electrons. The van der Waals surface area contributed by atoms with E-state index in [0.29, 0.717) is 28.8 Å². The summed E-state index contributed by atoms with van der Waals surface area (Å²) >= 11 is 11.9. The average Bonchev–Trinajstić information content (AvgIpc) is 2.51. The molecule has 130 valence electrons. The summed E-state index contributed by atoms with van der Waals surface area (Å²) in [6.07, 6.45) is 3.37. The maximum absolute atomic E-state index is 12.2. The molecular weight excluding hydrogens is 359 g/mol. The largest absolute Gasteiger partial charge is 0.489 e. The van der Waals surface area contributed by atoms with Gasteiger partial charge in [-0.3, -0.25) is 4.79 Å². The first-order chi connectivity index (χ1) is 10.6. The second-order valence-corrected chi connectivity index (χ2v) is 6.32. The summed E-state index contributed by atoms with van der Waals surface area (Å²) in [6.45, 7) is 2.32. The summed E-state index contributed by atoms with van der Waals surface area (Å²) < 4.78 is 5.95. The normalized spacial score (nSPS) is 17.5. The van der Waals surface area contributed by atoms with Crippen molar-refractivity contribution in [1.29, 1.82) is 0 Å². The lowest BCUT2D eigenvalue weighted by atomic mass is 10.1. The predicted molar refractivity (Wildman–Crippen MR) is 97.1 cm³/mol. The van der Waals surface area contributed by atoms with Crippen molar-refractivity contribution in [2.24, 2.45) is 0 Å². The molecule has 0 aliphatic carbocycles. The van der Waals surface area contributed by atoms with Crippen molar-refractivity contribution in [2.45, 2.75) is 31.8 Å². The van der Waals surface area contributed by atoms with Crippen molar-refractivity contribution >= 4 is 41.5 Å². The standard InChI is InChI=1S/C16H22Cl2N2O2.ClH/c1-19-8-2-5-16(21)20-9-3-4-13(11-20)22-12-6-7-14(17)15(18)10-12;/h6-7,10,13,19H,2-5,8-9,11H2,1H3;1H. The molecule has 2 rings (SSSR count). The van der Waals surface area contributed by atoms with Gasteiger partial charge >= 0.3 is 0 Å². The molecule has 7 heteroatoms. The fourth-order valence-electron chi connectivity index (χ4n) is 2.58. The fraction of sp³-hybridized carbons (Fsp3) is 0.562. The third-order valence-corrected chi connectivity index (χ3v) is 4.48. The molecule has 1 saturated heterocycles. The Labute approximate surface area is 153 Å². The zero-order valence-corrected chi connectivity index (χ0v) is 15.5. The van der Waals surface area contributed by atoms with Gasteiger partial charge in [-0.2, -0.15) is 0 Å². The number of amides is 1. The van der Waals surface area contributed by atoms with Gasteiger partial charge in [0.05, 0.1) is 16.6 Å². The Morgan fingerprint density at radius 1 is 1.39 bits per heavy atom. The van der Waals surface area contributed by atoms with Crippen LogP contribution in [0.15, 0.2) is 18.2 Å². The number of rotatable bonds is 6. The van der Waals surface area contributed by atoms with Crippen molar-refractivity contribution in [3.05, 3.63) is 28.2 Å². The second kappa shape index (κ2) is 10.2. The summed E-state index contributed by atoms with van der Waals surface area (Å²) in [5.74, 6) is 0.904. The van der Waals surface area contributed by atoms with Crippen LogP contribution in [0.1, 0.15) is 25.7 Å². The SMILES string of the molecule is CNCCCC(=O)N1CCCC(Oc2ccc(Cl)c(Cl)c2)C1.Cl. The van der Waals surface area contributed by atoms with Crippen molar-refractivity contribution in [3.8, 4) is 5.75 Å². The molecule has 23 heavy (non-hydrogen) atoms. The number of nitrogens with one attached hydrogen (secondary N) is 1. The predicted octanol–water partition coefficient (Wildman–Crippen LogP) is 3.78. The van der Waals surface area contributed by atoms with Crippen LogP contribution in [-0.2, 0) is 4.79 Å². The molecule has 1 aliphatic rings. The molecule has 0 spiro atoms. The van der Waals surface area contributed by atoms with Crippen LogP contribution in [0.4, 0.5) is 0 Å². The van der Waals surface area contributed by atoms with Crippen LogP contribution in [0.3, 0.4) is 0 Å². The highest BCUT2D eigenvalue weighted by Crippen LogP contribution is 2.28.